The van der Waals surface area contributed by atoms with E-state index >= 15 is 0 Å². The zero-order chi connectivity index (χ0) is 10.2. The van der Waals surface area contributed by atoms with Crippen molar-refractivity contribution in [2.75, 3.05) is 0 Å². The van der Waals surface area contributed by atoms with Crippen molar-refractivity contribution < 1.29 is 4.79 Å². The molecule has 0 fully saturated rings. The van der Waals surface area contributed by atoms with Gasteiger partial charge in [0.25, 0.3) is 0 Å². The molecule has 0 saturated carbocycles. The average Bonchev–Trinajstić information content (AvgIpc) is 1.86. The summed E-state index contributed by atoms with van der Waals surface area (Å²) in [5, 5.41) is 5.40. The third-order valence-corrected chi connectivity index (χ3v) is 1.66. The molecule has 12 heavy (non-hydrogen) atoms. The molecular weight excluding hydrogens is 150 g/mol. The average molecular weight is 171 g/mol. The summed E-state index contributed by atoms with van der Waals surface area (Å²) in [5.41, 5.74) is 0.523. The van der Waals surface area contributed by atoms with Crippen LogP contribution in [-0.2, 0) is 4.79 Å². The Hall–Kier alpha value is -0.620. The molecule has 0 radical (unpaired) electrons. The van der Waals surface area contributed by atoms with Crippen molar-refractivity contribution in [2.24, 2.45) is 11.3 Å². The van der Waals surface area contributed by atoms with Gasteiger partial charge in [0.1, 0.15) is 0 Å². The van der Waals surface area contributed by atoms with Gasteiger partial charge < -0.3 is 0 Å². The summed E-state index contributed by atoms with van der Waals surface area (Å²) in [6, 6.07) is 0. The zero-order valence-corrected chi connectivity index (χ0v) is 8.90. The van der Waals surface area contributed by atoms with Gasteiger partial charge in [-0.15, -0.1) is 0 Å². The first-order valence-electron chi connectivity index (χ1n) is 4.41. The Balaban J connectivity index is 0. The quantitative estimate of drug-likeness (QED) is 0.502. The largest absolute Gasteiger partial charge is 0.231 e. The Morgan fingerprint density at radius 1 is 1.42 bits per heavy atom. The van der Waals surface area contributed by atoms with E-state index in [0.29, 0.717) is 5.41 Å². The van der Waals surface area contributed by atoms with Crippen LogP contribution in [0.15, 0.2) is 0 Å². The van der Waals surface area contributed by atoms with Gasteiger partial charge in [0, 0.05) is 0 Å². The molecular formula is C10H21NO. The molecule has 0 aliphatic heterocycles. The second-order valence-electron chi connectivity index (χ2n) is 4.38. The Morgan fingerprint density at radius 3 is 1.83 bits per heavy atom. The highest BCUT2D eigenvalue weighted by Gasteiger charge is 2.13. The van der Waals surface area contributed by atoms with Crippen LogP contribution in [0, 0.1) is 16.7 Å². The molecule has 2 heteroatoms. The van der Waals surface area contributed by atoms with E-state index in [9.17, 15) is 0 Å². The fourth-order valence-corrected chi connectivity index (χ4v) is 1.19. The van der Waals surface area contributed by atoms with Gasteiger partial charge in [-0.05, 0) is 17.8 Å². The summed E-state index contributed by atoms with van der Waals surface area (Å²) < 4.78 is 0. The van der Waals surface area contributed by atoms with Crippen molar-refractivity contribution in [2.45, 2.75) is 47.5 Å². The lowest BCUT2D eigenvalue weighted by atomic mass is 9.84. The second kappa shape index (κ2) is 7.05. The van der Waals surface area contributed by atoms with Gasteiger partial charge in [-0.25, -0.2) is 10.2 Å². The minimum absolute atomic E-state index is 0.523. The summed E-state index contributed by atoms with van der Waals surface area (Å²) in [4.78, 5) is 8.35. The molecule has 0 saturated heterocycles. The molecule has 0 aromatic rings. The monoisotopic (exact) mass is 171 g/mol. The minimum atomic E-state index is 0.523. The molecule has 0 aliphatic rings. The third kappa shape index (κ3) is 16.2. The van der Waals surface area contributed by atoms with Crippen LogP contribution in [0.5, 0.6) is 0 Å². The summed E-state index contributed by atoms with van der Waals surface area (Å²) in [7, 11) is 0. The molecule has 0 aliphatic carbocycles. The van der Waals surface area contributed by atoms with E-state index in [1.165, 1.54) is 12.8 Å². The standard InChI is InChI=1S/C9H20.CHNO/c1-6-8(2)7-9(3,4)5;2-1-3/h8H,6-7H2,1-5H3;2H. The van der Waals surface area contributed by atoms with Crippen LogP contribution in [-0.4, -0.2) is 6.08 Å². The number of nitrogens with one attached hydrogen (secondary N) is 1. The van der Waals surface area contributed by atoms with Crippen LogP contribution in [0.2, 0.25) is 0 Å². The fourth-order valence-electron chi connectivity index (χ4n) is 1.19. The van der Waals surface area contributed by atoms with Gasteiger partial charge in [0.05, 0.1) is 0 Å². The van der Waals surface area contributed by atoms with E-state index in [1.54, 1.807) is 0 Å². The van der Waals surface area contributed by atoms with Gasteiger partial charge in [0.15, 0.2) is 0 Å². The third-order valence-electron chi connectivity index (χ3n) is 1.66. The first-order chi connectivity index (χ1) is 5.37. The van der Waals surface area contributed by atoms with Crippen molar-refractivity contribution in [3.8, 4) is 0 Å². The second-order valence-corrected chi connectivity index (χ2v) is 4.38. The van der Waals surface area contributed by atoms with Gasteiger partial charge in [-0.2, -0.15) is 0 Å². The van der Waals surface area contributed by atoms with Crippen LogP contribution >= 0.6 is 0 Å². The van der Waals surface area contributed by atoms with E-state index in [4.69, 9.17) is 10.2 Å². The molecule has 0 aromatic carbocycles. The molecule has 0 rings (SSSR count). The van der Waals surface area contributed by atoms with Crippen molar-refractivity contribution >= 4 is 6.08 Å². The summed E-state index contributed by atoms with van der Waals surface area (Å²) in [6.07, 6.45) is 3.42. The Bertz CT molecular complexity index is 129. The van der Waals surface area contributed by atoms with Gasteiger partial charge in [0.2, 0.25) is 6.08 Å². The van der Waals surface area contributed by atoms with Crippen molar-refractivity contribution in [3.63, 3.8) is 0 Å². The number of hydrogen-bond donors (Lipinski definition) is 1. The zero-order valence-electron chi connectivity index (χ0n) is 8.90. The smallest absolute Gasteiger partial charge is 0.222 e. The van der Waals surface area contributed by atoms with Crippen LogP contribution in [0.1, 0.15) is 47.5 Å². The molecule has 1 N–H and O–H groups in total. The molecule has 72 valence electrons. The molecule has 1 unspecified atom stereocenters. The normalized spacial score (nSPS) is 12.4. The highest BCUT2D eigenvalue weighted by atomic mass is 16.1. The maximum absolute atomic E-state index is 8.35. The number of hydrogen-bond acceptors (Lipinski definition) is 2. The predicted molar refractivity (Wildman–Crippen MR) is 51.9 cm³/mol. The molecule has 1 atom stereocenters. The lowest BCUT2D eigenvalue weighted by Gasteiger charge is -2.21. The van der Waals surface area contributed by atoms with Crippen LogP contribution in [0.4, 0.5) is 0 Å². The molecule has 0 heterocycles. The molecule has 0 aromatic heterocycles. The number of isocyanates is 1. The topological polar surface area (TPSA) is 40.9 Å². The van der Waals surface area contributed by atoms with Crippen molar-refractivity contribution in [1.29, 1.82) is 5.41 Å². The first-order valence-corrected chi connectivity index (χ1v) is 4.41. The summed E-state index contributed by atoms with van der Waals surface area (Å²) in [5.74, 6) is 0.894. The van der Waals surface area contributed by atoms with Crippen LogP contribution in [0.25, 0.3) is 0 Å². The van der Waals surface area contributed by atoms with Crippen LogP contribution < -0.4 is 0 Å². The summed E-state index contributed by atoms with van der Waals surface area (Å²) in [6.45, 7) is 11.5. The SMILES string of the molecule is CCC(C)CC(C)(C)C.N=C=O. The van der Waals surface area contributed by atoms with Gasteiger partial charge >= 0.3 is 0 Å². The van der Waals surface area contributed by atoms with E-state index in [2.05, 4.69) is 34.6 Å². The fraction of sp³-hybridized carbons (Fsp3) is 0.900. The minimum Gasteiger partial charge on any atom is -0.222 e. The maximum Gasteiger partial charge on any atom is 0.231 e. The van der Waals surface area contributed by atoms with Gasteiger partial charge in [-0.1, -0.05) is 41.0 Å². The highest BCUT2D eigenvalue weighted by Crippen LogP contribution is 2.25. The molecule has 0 spiro atoms. The molecule has 0 amide bonds. The highest BCUT2D eigenvalue weighted by molar-refractivity contribution is 5.26. The Labute approximate surface area is 75.9 Å². The predicted octanol–water partition coefficient (Wildman–Crippen LogP) is 3.37. The van der Waals surface area contributed by atoms with E-state index in [-0.39, 0.29) is 0 Å². The van der Waals surface area contributed by atoms with Crippen molar-refractivity contribution in [3.05, 3.63) is 0 Å². The lowest BCUT2D eigenvalue weighted by Crippen LogP contribution is -2.09. The van der Waals surface area contributed by atoms with E-state index < -0.39 is 0 Å². The van der Waals surface area contributed by atoms with Crippen LogP contribution in [0.3, 0.4) is 0 Å². The number of carbonyl (C=O) groups excluding carboxylic acids is 1. The first kappa shape index (κ1) is 13.9. The molecule has 2 nitrogen and oxygen atoms in total. The van der Waals surface area contributed by atoms with Crippen molar-refractivity contribution in [1.82, 2.24) is 0 Å². The maximum atomic E-state index is 8.35. The Morgan fingerprint density at radius 2 is 1.75 bits per heavy atom. The Kier molecular flexibility index (Phi) is 8.19. The van der Waals surface area contributed by atoms with Gasteiger partial charge in [-0.3, -0.25) is 0 Å². The van der Waals surface area contributed by atoms with E-state index in [1.807, 2.05) is 0 Å². The number of rotatable bonds is 2. The van der Waals surface area contributed by atoms with E-state index in [0.717, 1.165) is 12.0 Å². The lowest BCUT2D eigenvalue weighted by molar-refractivity contribution is 0.302. The summed E-state index contributed by atoms with van der Waals surface area (Å²) >= 11 is 0. The molecule has 0 bridgehead atoms.